The third-order valence-electron chi connectivity index (χ3n) is 13.7. The number of nitrogens with one attached hydrogen (secondary N) is 4. The van der Waals surface area contributed by atoms with Crippen LogP contribution >= 0.6 is 12.4 Å². The number of alkyl halides is 2. The number of hydrogen-bond acceptors (Lipinski definition) is 15. The first-order chi connectivity index (χ1) is 36.4. The summed E-state index contributed by atoms with van der Waals surface area (Å²) in [4.78, 5) is 47.5. The molecule has 2 saturated carbocycles. The van der Waals surface area contributed by atoms with Crippen LogP contribution in [-0.4, -0.2) is 118 Å². The molecule has 78 heavy (non-hydrogen) atoms. The van der Waals surface area contributed by atoms with Crippen molar-refractivity contribution in [3.05, 3.63) is 95.6 Å². The van der Waals surface area contributed by atoms with E-state index in [0.29, 0.717) is 51.7 Å². The molecule has 2 atom stereocenters. The lowest BCUT2D eigenvalue weighted by Crippen LogP contribution is -2.42. The number of anilines is 2. The van der Waals surface area contributed by atoms with Crippen LogP contribution in [0.4, 0.5) is 20.2 Å². The number of carbonyl (C=O) groups is 3. The topological polar surface area (TPSA) is 283 Å². The summed E-state index contributed by atoms with van der Waals surface area (Å²) >= 11 is 0. The van der Waals surface area contributed by atoms with Crippen molar-refractivity contribution in [3.8, 4) is 34.9 Å². The number of aliphatic hydroxyl groups is 2. The smallest absolute Gasteiger partial charge is 0.306 e. The van der Waals surface area contributed by atoms with Crippen molar-refractivity contribution in [2.75, 3.05) is 23.7 Å². The van der Waals surface area contributed by atoms with Crippen LogP contribution in [0.1, 0.15) is 138 Å². The Balaban J connectivity index is 0.000000253. The summed E-state index contributed by atoms with van der Waals surface area (Å²) in [6.07, 6.45) is 9.76. The normalized spacial score (nSPS) is 18.4. The van der Waals surface area contributed by atoms with Crippen LogP contribution in [0.2, 0.25) is 0 Å². The Bertz CT molecular complexity index is 3150. The molecule has 0 bridgehead atoms. The van der Waals surface area contributed by atoms with Crippen molar-refractivity contribution in [3.63, 3.8) is 0 Å². The van der Waals surface area contributed by atoms with E-state index < -0.39 is 41.0 Å². The van der Waals surface area contributed by atoms with E-state index in [4.69, 9.17) is 15.7 Å². The summed E-state index contributed by atoms with van der Waals surface area (Å²) in [5.74, 6) is -0.959. The van der Waals surface area contributed by atoms with E-state index in [2.05, 4.69) is 53.6 Å². The van der Waals surface area contributed by atoms with Crippen LogP contribution in [0.15, 0.2) is 73.3 Å². The number of hydrogen-bond donors (Lipinski definition) is 7. The Morgan fingerprint density at radius 1 is 0.679 bits per heavy atom. The molecule has 0 saturated heterocycles. The predicted octanol–water partition coefficient (Wildman–Crippen LogP) is 8.02. The van der Waals surface area contributed by atoms with Gasteiger partial charge in [-0.25, -0.2) is 17.8 Å². The van der Waals surface area contributed by atoms with Crippen molar-refractivity contribution in [2.24, 2.45) is 11.7 Å². The quantitative estimate of drug-likeness (QED) is 0.0452. The van der Waals surface area contributed by atoms with Gasteiger partial charge in [-0.1, -0.05) is 0 Å². The van der Waals surface area contributed by atoms with Gasteiger partial charge in [0, 0.05) is 36.9 Å². The number of fused-ring (bicyclic) bond motifs is 2. The number of nitrogens with two attached hydrogens (primary N) is 1. The summed E-state index contributed by atoms with van der Waals surface area (Å²) in [5.41, 5.74) is 8.93. The maximum atomic E-state index is 14.4. The van der Waals surface area contributed by atoms with Crippen LogP contribution in [0, 0.1) is 28.6 Å². The third-order valence-corrected chi connectivity index (χ3v) is 13.7. The Labute approximate surface area is 458 Å². The molecule has 19 nitrogen and oxygen atoms in total. The second kappa shape index (κ2) is 25.4. The van der Waals surface area contributed by atoms with E-state index in [1.54, 1.807) is 33.3 Å². The zero-order valence-corrected chi connectivity index (χ0v) is 45.8. The lowest BCUT2D eigenvalue weighted by atomic mass is 9.84. The first kappa shape index (κ1) is 59.9. The van der Waals surface area contributed by atoms with Crippen molar-refractivity contribution < 1.29 is 38.1 Å². The van der Waals surface area contributed by atoms with Gasteiger partial charge >= 0.3 is 5.97 Å². The summed E-state index contributed by atoms with van der Waals surface area (Å²) in [6, 6.07) is 18.9. The Morgan fingerprint density at radius 2 is 1.09 bits per heavy atom. The van der Waals surface area contributed by atoms with E-state index in [1.807, 2.05) is 45.0 Å². The van der Waals surface area contributed by atoms with Gasteiger partial charge in [-0.3, -0.25) is 24.4 Å². The van der Waals surface area contributed by atoms with Gasteiger partial charge in [-0.15, -0.1) is 12.4 Å². The van der Waals surface area contributed by atoms with Gasteiger partial charge in [-0.05, 0) is 154 Å². The highest BCUT2D eigenvalue weighted by atomic mass is 35.5. The second-order valence-electron chi connectivity index (χ2n) is 22.1. The summed E-state index contributed by atoms with van der Waals surface area (Å²) < 4.78 is 37.4. The molecule has 2 fully saturated rings. The molecule has 0 aromatic carbocycles. The van der Waals surface area contributed by atoms with Crippen LogP contribution in [0.25, 0.3) is 33.8 Å². The lowest BCUT2D eigenvalue weighted by Gasteiger charge is -2.30. The van der Waals surface area contributed by atoms with Crippen molar-refractivity contribution in [2.45, 2.75) is 154 Å². The SMILES string of the molecule is CC(C)(C)OC(=O)CC1CCC(Nc2cc(-c3ccc4cc(C#N)cnn34)ncc2C(=O)NC[C@@H](F)C(C)(C)O)CC1.CC(C)(O)[C@H](F)CNC(=O)c1cnc(-c2ccc3cc(C#N)cnn23)cc1NC1CCC(N)CC1.Cl. The molecule has 22 heteroatoms. The maximum Gasteiger partial charge on any atom is 0.306 e. The van der Waals surface area contributed by atoms with Gasteiger partial charge in [0.25, 0.3) is 11.8 Å². The largest absolute Gasteiger partial charge is 0.460 e. The molecule has 2 aliphatic carbocycles. The number of ether oxygens (including phenoxy) is 1. The van der Waals surface area contributed by atoms with E-state index in [-0.39, 0.29) is 66.6 Å². The third kappa shape index (κ3) is 15.7. The highest BCUT2D eigenvalue weighted by Crippen LogP contribution is 2.33. The molecule has 6 aromatic rings. The predicted molar refractivity (Wildman–Crippen MR) is 294 cm³/mol. The summed E-state index contributed by atoms with van der Waals surface area (Å²) in [7, 11) is 0. The molecular formula is C56H70ClF2N13O6. The molecule has 8 rings (SSSR count). The summed E-state index contributed by atoms with van der Waals surface area (Å²) in [5, 5.41) is 58.9. The average molecular weight is 1090 g/mol. The fourth-order valence-electron chi connectivity index (χ4n) is 9.19. The van der Waals surface area contributed by atoms with Gasteiger partial charge < -0.3 is 42.0 Å². The molecule has 6 aromatic heterocycles. The van der Waals surface area contributed by atoms with Crippen molar-refractivity contribution in [1.29, 1.82) is 10.5 Å². The van der Waals surface area contributed by atoms with Gasteiger partial charge in [0.2, 0.25) is 0 Å². The monoisotopic (exact) mass is 1090 g/mol. The molecule has 2 aliphatic rings. The number of nitrogens with zero attached hydrogens (tertiary/aromatic N) is 8. The molecule has 8 N–H and O–H groups in total. The number of pyridine rings is 2. The van der Waals surface area contributed by atoms with Gasteiger partial charge in [0.05, 0.1) is 104 Å². The maximum absolute atomic E-state index is 14.4. The molecule has 2 amide bonds. The molecule has 0 unspecified atom stereocenters. The van der Waals surface area contributed by atoms with Gasteiger partial charge in [0.1, 0.15) is 30.1 Å². The number of rotatable bonds is 16. The minimum absolute atomic E-state index is 0. The number of carbonyl (C=O) groups excluding carboxylic acids is 3. The number of amides is 2. The standard InChI is InChI=1S/C31H39FN6O4.C25H30FN7O2.ClH/c1-30(2,3)42-28(39)13-19-6-8-21(9-7-19)37-24-14-25(26-11-10-22-12-20(15-33)16-36-38(22)26)34-17-23(24)29(40)35-18-27(32)31(4,5)41;1-25(2,35)23(26)14-30-24(34)19-13-29-21(10-20(19)32-17-5-3-16(28)4-6-17)22-8-7-18-9-15(11-27)12-31-33(18)22;/h10-12,14,16-17,19,21,27,41H,6-9,13,18H2,1-5H3,(H,34,37)(H,35,40);7-10,12-13,16-17,23,35H,3-6,14,28H2,1-2H3,(H,29,32)(H,30,34);1H/t19?,21?,27-;16?,17?,23-;/m11./s1. The van der Waals surface area contributed by atoms with Gasteiger partial charge in [-0.2, -0.15) is 20.7 Å². The highest BCUT2D eigenvalue weighted by Gasteiger charge is 2.31. The second-order valence-corrected chi connectivity index (χ2v) is 22.1. The Hall–Kier alpha value is -7.30. The van der Waals surface area contributed by atoms with E-state index in [1.165, 1.54) is 52.5 Å². The molecular weight excluding hydrogens is 1020 g/mol. The minimum Gasteiger partial charge on any atom is -0.460 e. The van der Waals surface area contributed by atoms with E-state index in [0.717, 1.165) is 62.4 Å². The fraction of sp³-hybridized carbons (Fsp3) is 0.482. The number of esters is 1. The molecule has 0 aliphatic heterocycles. The number of nitriles is 2. The zero-order chi connectivity index (χ0) is 55.8. The van der Waals surface area contributed by atoms with E-state index in [9.17, 15) is 38.6 Å². The average Bonchev–Trinajstić information content (AvgIpc) is 4.05. The summed E-state index contributed by atoms with van der Waals surface area (Å²) in [6.45, 7) is 10.3. The first-order valence-electron chi connectivity index (χ1n) is 26.0. The highest BCUT2D eigenvalue weighted by molar-refractivity contribution is 6.00. The fourth-order valence-corrected chi connectivity index (χ4v) is 9.19. The van der Waals surface area contributed by atoms with Crippen LogP contribution in [-0.2, 0) is 9.53 Å². The zero-order valence-electron chi connectivity index (χ0n) is 45.0. The molecule has 0 spiro atoms. The minimum atomic E-state index is -1.65. The van der Waals surface area contributed by atoms with Crippen LogP contribution in [0.5, 0.6) is 0 Å². The molecule has 6 heterocycles. The molecule has 0 radical (unpaired) electrons. The Kier molecular flexibility index (Phi) is 19.6. The van der Waals surface area contributed by atoms with E-state index >= 15 is 0 Å². The number of halogens is 3. The van der Waals surface area contributed by atoms with Crippen LogP contribution < -0.4 is 27.0 Å². The first-order valence-corrected chi connectivity index (χ1v) is 26.0. The van der Waals surface area contributed by atoms with Crippen molar-refractivity contribution >= 4 is 52.6 Å². The lowest BCUT2D eigenvalue weighted by molar-refractivity contribution is -0.156. The number of aromatic nitrogens is 6. The molecule has 416 valence electrons. The van der Waals surface area contributed by atoms with Crippen LogP contribution in [0.3, 0.4) is 0 Å². The Morgan fingerprint density at radius 3 is 1.47 bits per heavy atom. The van der Waals surface area contributed by atoms with Gasteiger partial charge in [0.15, 0.2) is 0 Å². The van der Waals surface area contributed by atoms with Crippen molar-refractivity contribution in [1.82, 2.24) is 39.8 Å².